The zero-order valence-electron chi connectivity index (χ0n) is 9.30. The quantitative estimate of drug-likeness (QED) is 0.711. The zero-order valence-corrected chi connectivity index (χ0v) is 14.1. The van der Waals surface area contributed by atoms with Crippen molar-refractivity contribution in [3.8, 4) is 0 Å². The fourth-order valence-corrected chi connectivity index (χ4v) is 7.39. The van der Waals surface area contributed by atoms with Crippen LogP contribution in [0.4, 0.5) is 0 Å². The minimum atomic E-state index is -3.60. The topological polar surface area (TPSA) is 54.5 Å². The number of carbonyl (C=O) groups is 1. The van der Waals surface area contributed by atoms with Gasteiger partial charge in [0.25, 0.3) is 0 Å². The number of halogens is 2. The monoisotopic (exact) mass is 415 g/mol. The summed E-state index contributed by atoms with van der Waals surface area (Å²) in [5.41, 5.74) is 0. The van der Waals surface area contributed by atoms with Crippen molar-refractivity contribution < 1.29 is 13.2 Å². The summed E-state index contributed by atoms with van der Waals surface area (Å²) in [6.45, 7) is 0.408. The number of thiophene rings is 1. The van der Waals surface area contributed by atoms with Gasteiger partial charge in [0.05, 0.1) is 13.6 Å². The smallest absolute Gasteiger partial charge is 0.245 e. The van der Waals surface area contributed by atoms with Crippen LogP contribution in [0, 0.1) is 0 Å². The van der Waals surface area contributed by atoms with Crippen molar-refractivity contribution in [2.75, 3.05) is 6.54 Å². The van der Waals surface area contributed by atoms with Crippen LogP contribution < -0.4 is 0 Å². The van der Waals surface area contributed by atoms with Crippen LogP contribution in [0.1, 0.15) is 19.3 Å². The van der Waals surface area contributed by atoms with Gasteiger partial charge in [0.2, 0.25) is 10.0 Å². The third-order valence-corrected chi connectivity index (χ3v) is 7.55. The molecule has 0 aliphatic carbocycles. The summed E-state index contributed by atoms with van der Waals surface area (Å²) >= 11 is 7.83. The Kier molecular flexibility index (Phi) is 4.64. The Bertz CT molecular complexity index is 555. The van der Waals surface area contributed by atoms with Crippen LogP contribution in [-0.4, -0.2) is 31.6 Å². The highest BCUT2D eigenvalue weighted by Gasteiger charge is 2.35. The first-order valence-corrected chi connectivity index (χ1v) is 9.23. The van der Waals surface area contributed by atoms with Gasteiger partial charge in [-0.3, -0.25) is 0 Å². The summed E-state index contributed by atoms with van der Waals surface area (Å²) in [4.78, 5) is 11.2. The highest BCUT2D eigenvalue weighted by molar-refractivity contribution is 9.12. The van der Waals surface area contributed by atoms with Crippen molar-refractivity contribution in [3.63, 3.8) is 0 Å². The van der Waals surface area contributed by atoms with E-state index in [1.165, 1.54) is 15.6 Å². The van der Waals surface area contributed by atoms with Gasteiger partial charge in [-0.15, -0.1) is 11.3 Å². The third-order valence-electron chi connectivity index (χ3n) is 2.87. The fraction of sp³-hybridized carbons (Fsp3) is 0.500. The van der Waals surface area contributed by atoms with Gasteiger partial charge in [-0.25, -0.2) is 8.42 Å². The Morgan fingerprint density at radius 3 is 2.67 bits per heavy atom. The molecule has 0 amide bonds. The van der Waals surface area contributed by atoms with Gasteiger partial charge < -0.3 is 4.79 Å². The molecule has 18 heavy (non-hydrogen) atoms. The van der Waals surface area contributed by atoms with Gasteiger partial charge >= 0.3 is 0 Å². The van der Waals surface area contributed by atoms with Crippen LogP contribution in [0.2, 0.25) is 0 Å². The third kappa shape index (κ3) is 2.72. The van der Waals surface area contributed by atoms with E-state index in [1.54, 1.807) is 6.07 Å². The maximum atomic E-state index is 12.5. The molecule has 1 aliphatic heterocycles. The second-order valence-corrected chi connectivity index (χ2v) is 9.61. The Labute approximate surface area is 127 Å². The predicted molar refractivity (Wildman–Crippen MR) is 77.3 cm³/mol. The lowest BCUT2D eigenvalue weighted by molar-refractivity contribution is -0.111. The van der Waals surface area contributed by atoms with E-state index in [4.69, 9.17) is 0 Å². The van der Waals surface area contributed by atoms with E-state index in [-0.39, 0.29) is 4.90 Å². The van der Waals surface area contributed by atoms with E-state index in [0.29, 0.717) is 16.8 Å². The SMILES string of the molecule is O=CC1CCCCN1S(=O)(=O)c1cc(Br)sc1Br. The van der Waals surface area contributed by atoms with Gasteiger partial charge in [-0.05, 0) is 50.8 Å². The molecule has 1 unspecified atom stereocenters. The molecule has 1 aromatic heterocycles. The lowest BCUT2D eigenvalue weighted by Gasteiger charge is -2.30. The average Bonchev–Trinajstić information content (AvgIpc) is 2.69. The molecule has 2 heterocycles. The van der Waals surface area contributed by atoms with Crippen molar-refractivity contribution in [1.82, 2.24) is 4.31 Å². The maximum absolute atomic E-state index is 12.5. The molecule has 0 saturated carbocycles. The van der Waals surface area contributed by atoms with Crippen LogP contribution >= 0.6 is 43.2 Å². The van der Waals surface area contributed by atoms with Gasteiger partial charge in [-0.1, -0.05) is 6.42 Å². The molecule has 1 fully saturated rings. The molecule has 1 aromatic rings. The molecule has 0 radical (unpaired) electrons. The van der Waals surface area contributed by atoms with Crippen LogP contribution in [0.25, 0.3) is 0 Å². The number of hydrogen-bond acceptors (Lipinski definition) is 4. The van der Waals surface area contributed by atoms with Crippen molar-refractivity contribution in [1.29, 1.82) is 0 Å². The molecule has 0 bridgehead atoms. The second kappa shape index (κ2) is 5.70. The standard InChI is InChI=1S/C10H11Br2NO3S2/c11-9-5-8(10(12)17-9)18(15,16)13-4-2-1-3-7(13)6-14/h5-7H,1-4H2. The first-order chi connectivity index (χ1) is 8.46. The summed E-state index contributed by atoms with van der Waals surface area (Å²) in [6.07, 6.45) is 3.02. The molecule has 4 nitrogen and oxygen atoms in total. The molecule has 2 rings (SSSR count). The normalized spacial score (nSPS) is 22.0. The number of aldehydes is 1. The molecule has 0 N–H and O–H groups in total. The van der Waals surface area contributed by atoms with Crippen molar-refractivity contribution in [2.24, 2.45) is 0 Å². The summed E-state index contributed by atoms with van der Waals surface area (Å²) < 4.78 is 27.6. The summed E-state index contributed by atoms with van der Waals surface area (Å²) in [5, 5.41) is 0. The first kappa shape index (κ1) is 14.6. The van der Waals surface area contributed by atoms with Crippen molar-refractivity contribution in [3.05, 3.63) is 13.6 Å². The minimum Gasteiger partial charge on any atom is -0.302 e. The van der Waals surface area contributed by atoms with E-state index in [0.717, 1.165) is 22.9 Å². The van der Waals surface area contributed by atoms with E-state index in [2.05, 4.69) is 31.9 Å². The van der Waals surface area contributed by atoms with Gasteiger partial charge in [0, 0.05) is 6.54 Å². The minimum absolute atomic E-state index is 0.230. The zero-order chi connectivity index (χ0) is 13.3. The number of hydrogen-bond donors (Lipinski definition) is 0. The number of rotatable bonds is 3. The number of carbonyl (C=O) groups excluding carboxylic acids is 1. The Morgan fingerprint density at radius 1 is 1.39 bits per heavy atom. The Balaban J connectivity index is 2.41. The number of sulfonamides is 1. The van der Waals surface area contributed by atoms with Gasteiger partial charge in [0.15, 0.2) is 0 Å². The lowest BCUT2D eigenvalue weighted by Crippen LogP contribution is -2.44. The molecule has 1 aliphatic rings. The average molecular weight is 417 g/mol. The van der Waals surface area contributed by atoms with E-state index in [1.807, 2.05) is 0 Å². The molecule has 8 heteroatoms. The molecular weight excluding hydrogens is 406 g/mol. The molecule has 0 spiro atoms. The van der Waals surface area contributed by atoms with Crippen LogP contribution in [0.3, 0.4) is 0 Å². The predicted octanol–water partition coefficient (Wildman–Crippen LogP) is 3.02. The first-order valence-electron chi connectivity index (χ1n) is 5.39. The van der Waals surface area contributed by atoms with E-state index < -0.39 is 16.1 Å². The largest absolute Gasteiger partial charge is 0.302 e. The molecule has 0 aromatic carbocycles. The van der Waals surface area contributed by atoms with E-state index in [9.17, 15) is 13.2 Å². The molecule has 1 atom stereocenters. The maximum Gasteiger partial charge on any atom is 0.245 e. The highest BCUT2D eigenvalue weighted by Crippen LogP contribution is 2.37. The van der Waals surface area contributed by atoms with Crippen molar-refractivity contribution >= 4 is 59.5 Å². The van der Waals surface area contributed by atoms with Crippen LogP contribution in [0.15, 0.2) is 18.5 Å². The summed E-state index contributed by atoms with van der Waals surface area (Å²) in [6, 6.07) is 1.04. The molecular formula is C10H11Br2NO3S2. The Morgan fingerprint density at radius 2 is 2.11 bits per heavy atom. The summed E-state index contributed by atoms with van der Waals surface area (Å²) in [7, 11) is -3.60. The lowest BCUT2D eigenvalue weighted by atomic mass is 10.1. The van der Waals surface area contributed by atoms with Crippen molar-refractivity contribution in [2.45, 2.75) is 30.2 Å². The Hall–Kier alpha value is 0.240. The molecule has 100 valence electrons. The summed E-state index contributed by atoms with van der Waals surface area (Å²) in [5.74, 6) is 0. The number of piperidine rings is 1. The highest BCUT2D eigenvalue weighted by atomic mass is 79.9. The van der Waals surface area contributed by atoms with E-state index >= 15 is 0 Å². The second-order valence-electron chi connectivity index (χ2n) is 4.00. The fourth-order valence-electron chi connectivity index (χ4n) is 1.99. The van der Waals surface area contributed by atoms with Crippen LogP contribution in [0.5, 0.6) is 0 Å². The molecule has 1 saturated heterocycles. The van der Waals surface area contributed by atoms with Gasteiger partial charge in [-0.2, -0.15) is 4.31 Å². The van der Waals surface area contributed by atoms with Gasteiger partial charge in [0.1, 0.15) is 11.2 Å². The number of nitrogens with zero attached hydrogens (tertiary/aromatic N) is 1. The van der Waals surface area contributed by atoms with Crippen LogP contribution in [-0.2, 0) is 14.8 Å².